The number of aryl methyl sites for hydroxylation is 1. The molecular weight excluding hydrogens is 667 g/mol. The van der Waals surface area contributed by atoms with Gasteiger partial charge in [-0.15, -0.1) is 0 Å². The summed E-state index contributed by atoms with van der Waals surface area (Å²) in [5.74, 6) is -3.14. The second kappa shape index (κ2) is 11.1. The summed E-state index contributed by atoms with van der Waals surface area (Å²) < 4.78 is 42.4. The number of halogens is 4. The smallest absolute Gasteiger partial charge is 0.324 e. The third-order valence-electron chi connectivity index (χ3n) is 7.38. The van der Waals surface area contributed by atoms with Crippen molar-refractivity contribution in [3.8, 4) is 0 Å². The molecule has 13 heteroatoms. The summed E-state index contributed by atoms with van der Waals surface area (Å²) in [5.41, 5.74) is 0.673. The van der Waals surface area contributed by atoms with Gasteiger partial charge in [0.05, 0.1) is 27.9 Å². The second-order valence-electron chi connectivity index (χ2n) is 10.2. The average molecular weight is 689 g/mol. The Kier molecular flexibility index (Phi) is 7.59. The van der Waals surface area contributed by atoms with Crippen LogP contribution in [0.1, 0.15) is 27.5 Å². The van der Waals surface area contributed by atoms with Gasteiger partial charge in [-0.2, -0.15) is 13.2 Å². The quantitative estimate of drug-likeness (QED) is 0.244. The molecule has 4 aromatic rings. The first kappa shape index (κ1) is 29.4. The third kappa shape index (κ3) is 5.34. The molecule has 1 aromatic heterocycles. The van der Waals surface area contributed by atoms with Gasteiger partial charge in [0.25, 0.3) is 0 Å². The number of thiazole rings is 1. The summed E-state index contributed by atoms with van der Waals surface area (Å²) in [5, 5.41) is 1.73. The van der Waals surface area contributed by atoms with Gasteiger partial charge < -0.3 is 5.32 Å². The number of fused-ring (bicyclic) bond motifs is 2. The molecule has 2 aliphatic rings. The molecule has 0 radical (unpaired) electrons. The van der Waals surface area contributed by atoms with Crippen molar-refractivity contribution in [3.63, 3.8) is 0 Å². The van der Waals surface area contributed by atoms with Gasteiger partial charge in [0.1, 0.15) is 11.8 Å². The molecule has 3 atom stereocenters. The maximum atomic E-state index is 13.9. The first-order chi connectivity index (χ1) is 20.4. The van der Waals surface area contributed by atoms with Crippen molar-refractivity contribution in [1.29, 1.82) is 0 Å². The number of carbonyl (C=O) groups excluding carboxylic acids is 3. The van der Waals surface area contributed by atoms with Crippen molar-refractivity contribution >= 4 is 68.1 Å². The van der Waals surface area contributed by atoms with Crippen molar-refractivity contribution in [2.45, 2.75) is 35.8 Å². The highest BCUT2D eigenvalue weighted by Crippen LogP contribution is 2.54. The summed E-state index contributed by atoms with van der Waals surface area (Å²) >= 11 is 5.31. The van der Waals surface area contributed by atoms with Crippen molar-refractivity contribution in [1.82, 2.24) is 4.57 Å². The van der Waals surface area contributed by atoms with Crippen LogP contribution in [0.25, 0.3) is 0 Å². The number of para-hydroxylation sites is 1. The number of thioether (sulfide) groups is 1. The van der Waals surface area contributed by atoms with Crippen LogP contribution < -0.4 is 15.1 Å². The van der Waals surface area contributed by atoms with E-state index in [1.165, 1.54) is 21.6 Å². The zero-order valence-electron chi connectivity index (χ0n) is 22.2. The van der Waals surface area contributed by atoms with E-state index in [1.807, 2.05) is 19.1 Å². The lowest BCUT2D eigenvalue weighted by Gasteiger charge is -2.30. The van der Waals surface area contributed by atoms with Crippen molar-refractivity contribution in [3.05, 3.63) is 109 Å². The zero-order valence-corrected chi connectivity index (χ0v) is 25.4. The van der Waals surface area contributed by atoms with Crippen molar-refractivity contribution < 1.29 is 27.6 Å². The molecule has 0 spiro atoms. The number of amides is 3. The minimum absolute atomic E-state index is 0.343. The Morgan fingerprint density at radius 2 is 1.63 bits per heavy atom. The first-order valence-corrected chi connectivity index (χ1v) is 15.5. The number of nitrogens with zero attached hydrogens (tertiary/aromatic N) is 2. The Bertz CT molecular complexity index is 1820. The van der Waals surface area contributed by atoms with Gasteiger partial charge in [-0.05, 0) is 48.9 Å². The van der Waals surface area contributed by atoms with Crippen LogP contribution in [-0.4, -0.2) is 27.5 Å². The molecular formula is C30H21BrF3N3O4S2. The van der Waals surface area contributed by atoms with Crippen LogP contribution >= 0.6 is 39.0 Å². The molecule has 43 heavy (non-hydrogen) atoms. The van der Waals surface area contributed by atoms with E-state index in [9.17, 15) is 32.3 Å². The van der Waals surface area contributed by atoms with Crippen LogP contribution in [0.4, 0.5) is 24.5 Å². The molecule has 220 valence electrons. The number of hydrogen-bond acceptors (Lipinski definition) is 6. The van der Waals surface area contributed by atoms with E-state index in [2.05, 4.69) is 21.2 Å². The summed E-state index contributed by atoms with van der Waals surface area (Å²) in [4.78, 5) is 55.2. The molecule has 3 heterocycles. The Labute approximate surface area is 259 Å². The van der Waals surface area contributed by atoms with Gasteiger partial charge >= 0.3 is 11.0 Å². The highest BCUT2D eigenvalue weighted by molar-refractivity contribution is 9.10. The summed E-state index contributed by atoms with van der Waals surface area (Å²) in [6.07, 6.45) is -4.69. The SMILES string of the molecule is Cc1ccc(N2C(=O)C3Sc4c(sc(=O)n4CC(=O)Nc4ccccc4C(F)(F)F)C(c4ccc(Br)cc4)C3C2=O)cc1. The monoisotopic (exact) mass is 687 g/mol. The lowest BCUT2D eigenvalue weighted by atomic mass is 9.83. The van der Waals surface area contributed by atoms with Crippen LogP contribution in [-0.2, 0) is 27.1 Å². The molecule has 7 nitrogen and oxygen atoms in total. The number of alkyl halides is 3. The fourth-order valence-electron chi connectivity index (χ4n) is 5.41. The lowest BCUT2D eigenvalue weighted by molar-refractivity contribution is -0.137. The van der Waals surface area contributed by atoms with E-state index in [4.69, 9.17) is 0 Å². The van der Waals surface area contributed by atoms with Crippen LogP contribution in [0, 0.1) is 12.8 Å². The summed E-state index contributed by atoms with van der Waals surface area (Å²) in [6, 6.07) is 18.8. The summed E-state index contributed by atoms with van der Waals surface area (Å²) in [6.45, 7) is 1.32. The molecule has 1 N–H and O–H groups in total. The largest absolute Gasteiger partial charge is 0.418 e. The van der Waals surface area contributed by atoms with Crippen LogP contribution in [0.3, 0.4) is 0 Å². The topological polar surface area (TPSA) is 88.5 Å². The Hall–Kier alpha value is -3.68. The molecule has 0 aliphatic carbocycles. The normalized spacial score (nSPS) is 19.7. The predicted octanol–water partition coefficient (Wildman–Crippen LogP) is 6.43. The fraction of sp³-hybridized carbons (Fsp3) is 0.200. The minimum Gasteiger partial charge on any atom is -0.324 e. The highest BCUT2D eigenvalue weighted by Gasteiger charge is 2.56. The predicted molar refractivity (Wildman–Crippen MR) is 161 cm³/mol. The molecule has 3 unspecified atom stereocenters. The number of hydrogen-bond donors (Lipinski definition) is 1. The van der Waals surface area contributed by atoms with Gasteiger partial charge in [-0.3, -0.25) is 23.7 Å². The van der Waals surface area contributed by atoms with E-state index in [1.54, 1.807) is 36.4 Å². The lowest BCUT2D eigenvalue weighted by Crippen LogP contribution is -2.33. The number of benzene rings is 3. The number of nitrogens with one attached hydrogen (secondary N) is 1. The van der Waals surface area contributed by atoms with E-state index >= 15 is 0 Å². The molecule has 6 rings (SSSR count). The van der Waals surface area contributed by atoms with Crippen LogP contribution in [0.5, 0.6) is 0 Å². The number of anilines is 2. The molecule has 1 saturated heterocycles. The number of imide groups is 1. The van der Waals surface area contributed by atoms with Gasteiger partial charge in [0.2, 0.25) is 17.7 Å². The zero-order chi connectivity index (χ0) is 30.6. The van der Waals surface area contributed by atoms with Gasteiger partial charge in [-0.25, -0.2) is 4.90 Å². The van der Waals surface area contributed by atoms with E-state index in [-0.39, 0.29) is 5.91 Å². The molecule has 3 amide bonds. The molecule has 0 bridgehead atoms. The Morgan fingerprint density at radius 1 is 0.953 bits per heavy atom. The highest BCUT2D eigenvalue weighted by atomic mass is 79.9. The molecule has 0 saturated carbocycles. The van der Waals surface area contributed by atoms with Gasteiger partial charge in [0, 0.05) is 15.3 Å². The number of carbonyl (C=O) groups is 3. The number of aromatic nitrogens is 1. The fourth-order valence-corrected chi connectivity index (χ4v) is 8.44. The average Bonchev–Trinajstić information content (AvgIpc) is 3.40. The van der Waals surface area contributed by atoms with E-state index < -0.39 is 57.7 Å². The van der Waals surface area contributed by atoms with Crippen LogP contribution in [0.2, 0.25) is 0 Å². The molecule has 3 aromatic carbocycles. The van der Waals surface area contributed by atoms with Crippen LogP contribution in [0.15, 0.2) is 87.1 Å². The molecule has 2 aliphatic heterocycles. The van der Waals surface area contributed by atoms with Crippen molar-refractivity contribution in [2.75, 3.05) is 10.2 Å². The maximum Gasteiger partial charge on any atom is 0.418 e. The Morgan fingerprint density at radius 3 is 2.30 bits per heavy atom. The van der Waals surface area contributed by atoms with Gasteiger partial charge in [0.15, 0.2) is 0 Å². The summed E-state index contributed by atoms with van der Waals surface area (Å²) in [7, 11) is 0. The maximum absolute atomic E-state index is 13.9. The first-order valence-electron chi connectivity index (χ1n) is 13.0. The standard InChI is InChI=1S/C30H21BrF3N3O4S2/c1-15-6-12-18(13-7-15)37-26(39)23-22(16-8-10-17(31)11-9-16)25-28(42-24(23)27(37)40)36(29(41)43-25)14-21(38)35-20-5-3-2-4-19(20)30(32,33)34/h2-13,22-24H,14H2,1H3,(H,35,38). The van der Waals surface area contributed by atoms with E-state index in [0.717, 1.165) is 45.3 Å². The van der Waals surface area contributed by atoms with Gasteiger partial charge in [-0.1, -0.05) is 81.0 Å². The van der Waals surface area contributed by atoms with Crippen molar-refractivity contribution in [2.24, 2.45) is 5.92 Å². The second-order valence-corrected chi connectivity index (χ2v) is 13.2. The Balaban J connectivity index is 1.39. The third-order valence-corrected chi connectivity index (χ3v) is 10.5. The molecule has 1 fully saturated rings. The van der Waals surface area contributed by atoms with E-state index in [0.29, 0.717) is 21.2 Å². The minimum atomic E-state index is -4.69. The number of rotatable bonds is 5.